The lowest BCUT2D eigenvalue weighted by molar-refractivity contribution is -0.138. The maximum absolute atomic E-state index is 12.5. The topological polar surface area (TPSA) is 50.8 Å². The summed E-state index contributed by atoms with van der Waals surface area (Å²) in [6.45, 7) is 7.60. The van der Waals surface area contributed by atoms with Crippen molar-refractivity contribution in [1.29, 1.82) is 0 Å². The van der Waals surface area contributed by atoms with Gasteiger partial charge in [0, 0.05) is 32.5 Å². The molecule has 1 amide bonds. The van der Waals surface area contributed by atoms with Crippen molar-refractivity contribution in [3.63, 3.8) is 0 Å². The van der Waals surface area contributed by atoms with Crippen molar-refractivity contribution in [2.45, 2.75) is 38.8 Å². The van der Waals surface area contributed by atoms with Gasteiger partial charge in [0.2, 0.25) is 5.91 Å². The van der Waals surface area contributed by atoms with Gasteiger partial charge in [-0.05, 0) is 25.0 Å². The number of benzene rings is 1. The molecule has 23 heavy (non-hydrogen) atoms. The lowest BCUT2D eigenvalue weighted by atomic mass is 10.1. The third kappa shape index (κ3) is 3.85. The average molecular weight is 318 g/mol. The molecule has 0 spiro atoms. The van der Waals surface area contributed by atoms with E-state index in [0.29, 0.717) is 13.2 Å². The number of para-hydroxylation sites is 1. The molecule has 5 heteroatoms. The Hall–Kier alpha value is -1.59. The molecule has 2 aliphatic rings. The predicted octanol–water partition coefficient (Wildman–Crippen LogP) is 1.66. The van der Waals surface area contributed by atoms with Gasteiger partial charge in [0.05, 0.1) is 13.2 Å². The fraction of sp³-hybridized carbons (Fsp3) is 0.611. The number of likely N-dealkylation sites (tertiary alicyclic amines) is 1. The first-order chi connectivity index (χ1) is 11.1. The number of morpholine rings is 1. The van der Waals surface area contributed by atoms with Gasteiger partial charge in [-0.25, -0.2) is 0 Å². The van der Waals surface area contributed by atoms with Gasteiger partial charge in [-0.15, -0.1) is 0 Å². The first kappa shape index (κ1) is 16.3. The molecule has 5 nitrogen and oxygen atoms in total. The maximum atomic E-state index is 12.5. The van der Waals surface area contributed by atoms with Crippen LogP contribution in [0, 0.1) is 13.8 Å². The summed E-state index contributed by atoms with van der Waals surface area (Å²) in [4.78, 5) is 14.4. The van der Waals surface area contributed by atoms with Gasteiger partial charge in [0.25, 0.3) is 0 Å². The number of aryl methyl sites for hydroxylation is 2. The zero-order chi connectivity index (χ0) is 16.2. The lowest BCUT2D eigenvalue weighted by Crippen LogP contribution is -2.54. The molecule has 0 bridgehead atoms. The Labute approximate surface area is 137 Å². The monoisotopic (exact) mass is 318 g/mol. The van der Waals surface area contributed by atoms with E-state index in [1.54, 1.807) is 0 Å². The van der Waals surface area contributed by atoms with Crippen LogP contribution in [0.25, 0.3) is 0 Å². The van der Waals surface area contributed by atoms with Crippen LogP contribution in [-0.4, -0.2) is 55.8 Å². The molecule has 2 fully saturated rings. The molecular weight excluding hydrogens is 292 g/mol. The molecule has 126 valence electrons. The van der Waals surface area contributed by atoms with Crippen LogP contribution in [-0.2, 0) is 9.53 Å². The summed E-state index contributed by atoms with van der Waals surface area (Å²) in [7, 11) is 0. The highest BCUT2D eigenvalue weighted by atomic mass is 16.5. The minimum atomic E-state index is -0.181. The second-order valence-electron chi connectivity index (χ2n) is 6.45. The number of hydrogen-bond acceptors (Lipinski definition) is 4. The van der Waals surface area contributed by atoms with Gasteiger partial charge in [0.15, 0.2) is 0 Å². The molecule has 0 aromatic heterocycles. The van der Waals surface area contributed by atoms with E-state index >= 15 is 0 Å². The van der Waals surface area contributed by atoms with Crippen molar-refractivity contribution in [2.24, 2.45) is 0 Å². The normalized spacial score (nSPS) is 22.9. The number of nitrogens with one attached hydrogen (secondary N) is 1. The van der Waals surface area contributed by atoms with Crippen LogP contribution in [0.1, 0.15) is 24.0 Å². The van der Waals surface area contributed by atoms with Gasteiger partial charge in [-0.1, -0.05) is 18.2 Å². The molecule has 1 unspecified atom stereocenters. The van der Waals surface area contributed by atoms with E-state index in [0.717, 1.165) is 38.2 Å². The first-order valence-electron chi connectivity index (χ1n) is 8.48. The zero-order valence-corrected chi connectivity index (χ0v) is 14.0. The number of carbonyl (C=O) groups is 1. The van der Waals surface area contributed by atoms with Crippen LogP contribution >= 0.6 is 0 Å². The number of hydrogen-bond donors (Lipinski definition) is 1. The van der Waals surface area contributed by atoms with Crippen molar-refractivity contribution in [3.8, 4) is 5.75 Å². The van der Waals surface area contributed by atoms with E-state index in [2.05, 4.69) is 37.4 Å². The molecule has 0 saturated carbocycles. The molecule has 0 aliphatic carbocycles. The summed E-state index contributed by atoms with van der Waals surface area (Å²) in [6.07, 6.45) is 1.95. The van der Waals surface area contributed by atoms with Crippen LogP contribution in [0.4, 0.5) is 0 Å². The largest absolute Gasteiger partial charge is 0.490 e. The number of amides is 1. The fourth-order valence-electron chi connectivity index (χ4n) is 3.29. The van der Waals surface area contributed by atoms with Crippen LogP contribution in [0.3, 0.4) is 0 Å². The molecule has 0 radical (unpaired) electrons. The minimum absolute atomic E-state index is 0.162. The molecule has 1 atom stereocenters. The molecule has 1 N–H and O–H groups in total. The summed E-state index contributed by atoms with van der Waals surface area (Å²) >= 11 is 0. The van der Waals surface area contributed by atoms with E-state index in [9.17, 15) is 4.79 Å². The molecule has 1 aromatic carbocycles. The van der Waals surface area contributed by atoms with E-state index in [1.165, 1.54) is 11.1 Å². The van der Waals surface area contributed by atoms with Gasteiger partial charge < -0.3 is 19.7 Å². The maximum Gasteiger partial charge on any atom is 0.242 e. The number of piperidine rings is 1. The van der Waals surface area contributed by atoms with Crippen molar-refractivity contribution in [3.05, 3.63) is 29.3 Å². The van der Waals surface area contributed by atoms with Gasteiger partial charge in [0.1, 0.15) is 17.9 Å². The highest BCUT2D eigenvalue weighted by Crippen LogP contribution is 2.26. The van der Waals surface area contributed by atoms with Crippen molar-refractivity contribution >= 4 is 5.91 Å². The summed E-state index contributed by atoms with van der Waals surface area (Å²) in [5, 5.41) is 3.23. The van der Waals surface area contributed by atoms with Crippen molar-refractivity contribution in [2.75, 3.05) is 32.8 Å². The van der Waals surface area contributed by atoms with Crippen molar-refractivity contribution < 1.29 is 14.3 Å². The zero-order valence-electron chi connectivity index (χ0n) is 14.0. The third-order valence-corrected chi connectivity index (χ3v) is 4.67. The van der Waals surface area contributed by atoms with E-state index < -0.39 is 0 Å². The fourth-order valence-corrected chi connectivity index (χ4v) is 3.29. The molecule has 1 aromatic rings. The van der Waals surface area contributed by atoms with Gasteiger partial charge in [-0.2, -0.15) is 0 Å². The number of ether oxygens (including phenoxy) is 2. The standard InChI is InChI=1S/C18H26N2O3/c1-13-4-3-5-14(2)17(13)23-15-6-9-20(10-7-15)18(21)16-12-22-11-8-19-16/h3-5,15-16,19H,6-12H2,1-2H3. The summed E-state index contributed by atoms with van der Waals surface area (Å²) in [5.41, 5.74) is 2.35. The summed E-state index contributed by atoms with van der Waals surface area (Å²) in [6, 6.07) is 6.03. The second-order valence-corrected chi connectivity index (χ2v) is 6.45. The smallest absolute Gasteiger partial charge is 0.242 e. The molecule has 3 rings (SSSR count). The predicted molar refractivity (Wildman–Crippen MR) is 88.8 cm³/mol. The molecule has 2 saturated heterocycles. The Morgan fingerprint density at radius 2 is 1.96 bits per heavy atom. The van der Waals surface area contributed by atoms with Gasteiger partial charge >= 0.3 is 0 Å². The van der Waals surface area contributed by atoms with Crippen LogP contribution in [0.5, 0.6) is 5.75 Å². The number of nitrogens with zero attached hydrogens (tertiary/aromatic N) is 1. The first-order valence-corrected chi connectivity index (χ1v) is 8.48. The van der Waals surface area contributed by atoms with E-state index in [1.807, 2.05) is 4.90 Å². The summed E-state index contributed by atoms with van der Waals surface area (Å²) in [5.74, 6) is 1.16. The Morgan fingerprint density at radius 3 is 2.57 bits per heavy atom. The highest BCUT2D eigenvalue weighted by molar-refractivity contribution is 5.82. The lowest BCUT2D eigenvalue weighted by Gasteiger charge is -2.35. The second kappa shape index (κ2) is 7.32. The van der Waals surface area contributed by atoms with Gasteiger partial charge in [-0.3, -0.25) is 4.79 Å². The molecular formula is C18H26N2O3. The van der Waals surface area contributed by atoms with Crippen LogP contribution in [0.2, 0.25) is 0 Å². The Morgan fingerprint density at radius 1 is 1.26 bits per heavy atom. The molecule has 2 aliphatic heterocycles. The quantitative estimate of drug-likeness (QED) is 0.921. The Balaban J connectivity index is 1.53. The summed E-state index contributed by atoms with van der Waals surface area (Å²) < 4.78 is 11.6. The highest BCUT2D eigenvalue weighted by Gasteiger charge is 2.30. The Kier molecular flexibility index (Phi) is 5.18. The SMILES string of the molecule is Cc1cccc(C)c1OC1CCN(C(=O)C2COCCN2)CC1. The van der Waals surface area contributed by atoms with E-state index in [-0.39, 0.29) is 18.1 Å². The minimum Gasteiger partial charge on any atom is -0.490 e. The van der Waals surface area contributed by atoms with E-state index in [4.69, 9.17) is 9.47 Å². The average Bonchev–Trinajstić information content (AvgIpc) is 2.59. The molecule has 2 heterocycles. The van der Waals surface area contributed by atoms with Crippen LogP contribution in [0.15, 0.2) is 18.2 Å². The number of carbonyl (C=O) groups excluding carboxylic acids is 1. The number of rotatable bonds is 3. The van der Waals surface area contributed by atoms with Crippen LogP contribution < -0.4 is 10.1 Å². The van der Waals surface area contributed by atoms with Crippen molar-refractivity contribution in [1.82, 2.24) is 10.2 Å². The third-order valence-electron chi connectivity index (χ3n) is 4.67. The Bertz CT molecular complexity index is 527.